The van der Waals surface area contributed by atoms with E-state index in [2.05, 4.69) is 5.32 Å². The first-order chi connectivity index (χ1) is 12.6. The van der Waals surface area contributed by atoms with Gasteiger partial charge in [0.2, 0.25) is 0 Å². The van der Waals surface area contributed by atoms with Crippen molar-refractivity contribution >= 4 is 11.9 Å². The third-order valence-electron chi connectivity index (χ3n) is 4.09. The summed E-state index contributed by atoms with van der Waals surface area (Å²) in [4.78, 5) is 24.0. The molecule has 1 aliphatic rings. The Morgan fingerprint density at radius 3 is 2.58 bits per heavy atom. The van der Waals surface area contributed by atoms with Crippen molar-refractivity contribution in [1.82, 2.24) is 5.32 Å². The van der Waals surface area contributed by atoms with E-state index in [4.69, 9.17) is 14.2 Å². The van der Waals surface area contributed by atoms with Gasteiger partial charge in [0.15, 0.2) is 18.1 Å². The maximum absolute atomic E-state index is 12.1. The Bertz CT molecular complexity index is 775. The lowest BCUT2D eigenvalue weighted by molar-refractivity contribution is -0.124. The summed E-state index contributed by atoms with van der Waals surface area (Å²) < 4.78 is 15.9. The number of esters is 1. The van der Waals surface area contributed by atoms with Gasteiger partial charge < -0.3 is 19.5 Å². The lowest BCUT2D eigenvalue weighted by Crippen LogP contribution is -2.31. The van der Waals surface area contributed by atoms with Crippen LogP contribution in [0.1, 0.15) is 28.8 Å². The summed E-state index contributed by atoms with van der Waals surface area (Å²) in [6, 6.07) is 14.7. The Labute approximate surface area is 152 Å². The molecule has 0 radical (unpaired) electrons. The van der Waals surface area contributed by atoms with Crippen molar-refractivity contribution < 1.29 is 23.8 Å². The van der Waals surface area contributed by atoms with E-state index in [-0.39, 0.29) is 18.4 Å². The Balaban J connectivity index is 1.46. The molecular weight excluding hydrogens is 334 g/mol. The molecule has 0 aliphatic carbocycles. The van der Waals surface area contributed by atoms with Crippen molar-refractivity contribution in [2.75, 3.05) is 26.4 Å². The van der Waals surface area contributed by atoms with Gasteiger partial charge in [0, 0.05) is 6.54 Å². The molecule has 26 heavy (non-hydrogen) atoms. The number of fused-ring (bicyclic) bond motifs is 1. The zero-order chi connectivity index (χ0) is 18.4. The average molecular weight is 355 g/mol. The van der Waals surface area contributed by atoms with Gasteiger partial charge in [-0.05, 0) is 29.7 Å². The molecule has 1 aliphatic heterocycles. The molecule has 0 bridgehead atoms. The fourth-order valence-corrected chi connectivity index (χ4v) is 2.60. The van der Waals surface area contributed by atoms with Crippen molar-refractivity contribution in [2.45, 2.75) is 12.8 Å². The van der Waals surface area contributed by atoms with Crippen molar-refractivity contribution in [3.63, 3.8) is 0 Å². The fraction of sp³-hybridized carbons (Fsp3) is 0.300. The number of rotatable bonds is 6. The van der Waals surface area contributed by atoms with Crippen LogP contribution in [0.4, 0.5) is 0 Å². The van der Waals surface area contributed by atoms with E-state index in [9.17, 15) is 9.59 Å². The third kappa shape index (κ3) is 4.53. The van der Waals surface area contributed by atoms with Crippen molar-refractivity contribution in [3.05, 3.63) is 59.7 Å². The summed E-state index contributed by atoms with van der Waals surface area (Å²) in [5.41, 5.74) is 1.46. The van der Waals surface area contributed by atoms with Gasteiger partial charge in [0.25, 0.3) is 5.91 Å². The fourth-order valence-electron chi connectivity index (χ4n) is 2.60. The van der Waals surface area contributed by atoms with E-state index in [1.165, 1.54) is 0 Å². The van der Waals surface area contributed by atoms with Crippen LogP contribution in [0.3, 0.4) is 0 Å². The first kappa shape index (κ1) is 17.8. The molecule has 0 fully saturated rings. The Hall–Kier alpha value is -3.02. The molecule has 0 saturated carbocycles. The number of amides is 1. The summed E-state index contributed by atoms with van der Waals surface area (Å²) in [6.07, 6.45) is 0. The highest BCUT2D eigenvalue weighted by Crippen LogP contribution is 2.30. The first-order valence-corrected chi connectivity index (χ1v) is 8.52. The molecule has 2 aromatic carbocycles. The predicted octanol–water partition coefficient (Wildman–Crippen LogP) is 2.53. The van der Waals surface area contributed by atoms with Gasteiger partial charge in [0.1, 0.15) is 13.2 Å². The SMILES string of the molecule is C[C@@H](CNC(=O)COC(=O)c1ccc2c(c1)OCCO2)c1ccccc1. The molecule has 0 unspecified atom stereocenters. The van der Waals surface area contributed by atoms with E-state index in [0.717, 1.165) is 5.56 Å². The van der Waals surface area contributed by atoms with Gasteiger partial charge in [-0.2, -0.15) is 0 Å². The number of benzene rings is 2. The maximum atomic E-state index is 12.1. The number of hydrogen-bond donors (Lipinski definition) is 1. The molecule has 6 heteroatoms. The van der Waals surface area contributed by atoms with Gasteiger partial charge in [-0.25, -0.2) is 4.79 Å². The Morgan fingerprint density at radius 2 is 1.81 bits per heavy atom. The van der Waals surface area contributed by atoms with Gasteiger partial charge in [0.05, 0.1) is 5.56 Å². The van der Waals surface area contributed by atoms with Crippen LogP contribution in [0.25, 0.3) is 0 Å². The Kier molecular flexibility index (Phi) is 5.73. The normalized spacial score (nSPS) is 13.6. The van der Waals surface area contributed by atoms with Crippen LogP contribution in [0, 0.1) is 0 Å². The minimum absolute atomic E-state index is 0.175. The van der Waals surface area contributed by atoms with Gasteiger partial charge >= 0.3 is 5.97 Å². The molecule has 0 aromatic heterocycles. The Morgan fingerprint density at radius 1 is 1.08 bits per heavy atom. The second-order valence-electron chi connectivity index (χ2n) is 6.05. The summed E-state index contributed by atoms with van der Waals surface area (Å²) in [5.74, 6) is 0.368. The number of ether oxygens (including phenoxy) is 3. The molecule has 2 aromatic rings. The van der Waals surface area contributed by atoms with Crippen LogP contribution in [-0.4, -0.2) is 38.2 Å². The summed E-state index contributed by atoms with van der Waals surface area (Å²) >= 11 is 0. The number of carbonyl (C=O) groups excluding carboxylic acids is 2. The molecular formula is C20H21NO5. The number of hydrogen-bond acceptors (Lipinski definition) is 5. The zero-order valence-corrected chi connectivity index (χ0v) is 14.6. The quantitative estimate of drug-likeness (QED) is 0.806. The summed E-state index contributed by atoms with van der Waals surface area (Å²) in [5, 5.41) is 2.78. The van der Waals surface area contributed by atoms with Crippen molar-refractivity contribution in [1.29, 1.82) is 0 Å². The molecule has 0 saturated heterocycles. The number of nitrogens with one attached hydrogen (secondary N) is 1. The standard InChI is InChI=1S/C20H21NO5/c1-14(15-5-3-2-4-6-15)12-21-19(22)13-26-20(23)16-7-8-17-18(11-16)25-10-9-24-17/h2-8,11,14H,9-10,12-13H2,1H3,(H,21,22)/t14-/m0/s1. The first-order valence-electron chi connectivity index (χ1n) is 8.52. The summed E-state index contributed by atoms with van der Waals surface area (Å²) in [7, 11) is 0. The molecule has 1 amide bonds. The second-order valence-corrected chi connectivity index (χ2v) is 6.05. The van der Waals surface area contributed by atoms with Gasteiger partial charge in [-0.1, -0.05) is 37.3 Å². The summed E-state index contributed by atoms with van der Waals surface area (Å²) in [6.45, 7) is 3.10. The highest BCUT2D eigenvalue weighted by atomic mass is 16.6. The molecule has 1 atom stereocenters. The maximum Gasteiger partial charge on any atom is 0.338 e. The molecule has 3 rings (SSSR count). The van der Waals surface area contributed by atoms with E-state index >= 15 is 0 Å². The van der Waals surface area contributed by atoms with Gasteiger partial charge in [-0.3, -0.25) is 4.79 Å². The highest BCUT2D eigenvalue weighted by molar-refractivity contribution is 5.92. The predicted molar refractivity (Wildman–Crippen MR) is 95.6 cm³/mol. The van der Waals surface area contributed by atoms with Crippen molar-refractivity contribution in [2.24, 2.45) is 0 Å². The molecule has 6 nitrogen and oxygen atoms in total. The number of carbonyl (C=O) groups is 2. The van der Waals surface area contributed by atoms with Crippen LogP contribution in [0.15, 0.2) is 48.5 Å². The molecule has 1 N–H and O–H groups in total. The smallest absolute Gasteiger partial charge is 0.338 e. The second kappa shape index (κ2) is 8.38. The largest absolute Gasteiger partial charge is 0.486 e. The molecule has 136 valence electrons. The van der Waals surface area contributed by atoms with Crippen LogP contribution in [-0.2, 0) is 9.53 Å². The van der Waals surface area contributed by atoms with Crippen LogP contribution >= 0.6 is 0 Å². The van der Waals surface area contributed by atoms with E-state index in [1.807, 2.05) is 37.3 Å². The molecule has 1 heterocycles. The zero-order valence-electron chi connectivity index (χ0n) is 14.6. The monoisotopic (exact) mass is 355 g/mol. The lowest BCUT2D eigenvalue weighted by atomic mass is 10.0. The van der Waals surface area contributed by atoms with E-state index < -0.39 is 5.97 Å². The minimum Gasteiger partial charge on any atom is -0.486 e. The molecule has 0 spiro atoms. The van der Waals surface area contributed by atoms with Gasteiger partial charge in [-0.15, -0.1) is 0 Å². The lowest BCUT2D eigenvalue weighted by Gasteiger charge is -2.18. The minimum atomic E-state index is -0.576. The average Bonchev–Trinajstić information content (AvgIpc) is 2.70. The highest BCUT2D eigenvalue weighted by Gasteiger charge is 2.17. The topological polar surface area (TPSA) is 73.9 Å². The van der Waals surface area contributed by atoms with Crippen LogP contribution in [0.2, 0.25) is 0 Å². The van der Waals surface area contributed by atoms with E-state index in [1.54, 1.807) is 18.2 Å². The third-order valence-corrected chi connectivity index (χ3v) is 4.09. The van der Waals surface area contributed by atoms with Crippen molar-refractivity contribution in [3.8, 4) is 11.5 Å². The van der Waals surface area contributed by atoms with Crippen LogP contribution < -0.4 is 14.8 Å². The van der Waals surface area contributed by atoms with E-state index in [0.29, 0.717) is 36.8 Å². The van der Waals surface area contributed by atoms with Crippen LogP contribution in [0.5, 0.6) is 11.5 Å².